The average molecular weight is 411 g/mol. The maximum atomic E-state index is 13.6. The highest BCUT2D eigenvalue weighted by molar-refractivity contribution is 5.92. The molecule has 2 saturated carbocycles. The van der Waals surface area contributed by atoms with Gasteiger partial charge in [0.1, 0.15) is 5.60 Å². The van der Waals surface area contributed by atoms with Crippen LogP contribution in [0.4, 0.5) is 0 Å². The number of carbonyl (C=O) groups is 2. The minimum Gasteiger partial charge on any atom is -0.457 e. The van der Waals surface area contributed by atoms with Crippen molar-refractivity contribution in [2.24, 2.45) is 16.7 Å². The van der Waals surface area contributed by atoms with Crippen LogP contribution in [0.15, 0.2) is 12.7 Å². The highest BCUT2D eigenvalue weighted by atomic mass is 16.6. The van der Waals surface area contributed by atoms with E-state index in [-0.39, 0.29) is 6.42 Å². The number of carbonyl (C=O) groups excluding carboxylic acids is 2. The Morgan fingerprint density at radius 2 is 1.83 bits per heavy atom. The van der Waals surface area contributed by atoms with E-state index in [9.17, 15) is 24.9 Å². The molecule has 0 amide bonds. The molecule has 1 aliphatic heterocycles. The first kappa shape index (κ1) is 22.4. The minimum absolute atomic E-state index is 0.138. The third-order valence-corrected chi connectivity index (χ3v) is 8.02. The number of esters is 1. The molecule has 1 heterocycles. The predicted octanol–water partition coefficient (Wildman–Crippen LogP) is 1.52. The fraction of sp³-hybridized carbons (Fsp3) is 0.818. The summed E-state index contributed by atoms with van der Waals surface area (Å²) in [6.07, 6.45) is -1.29. The van der Waals surface area contributed by atoms with Crippen LogP contribution in [0.25, 0.3) is 0 Å². The molecule has 2 aliphatic carbocycles. The first-order valence-corrected chi connectivity index (χ1v) is 10.2. The monoisotopic (exact) mass is 410 g/mol. The van der Waals surface area contributed by atoms with Crippen molar-refractivity contribution < 1.29 is 34.4 Å². The maximum Gasteiger partial charge on any atom is 0.303 e. The second kappa shape index (κ2) is 6.36. The Morgan fingerprint density at radius 3 is 2.34 bits per heavy atom. The summed E-state index contributed by atoms with van der Waals surface area (Å²) in [5.41, 5.74) is -7.00. The van der Waals surface area contributed by atoms with E-state index in [0.717, 1.165) is 0 Å². The van der Waals surface area contributed by atoms with Gasteiger partial charge in [-0.05, 0) is 32.1 Å². The van der Waals surface area contributed by atoms with Gasteiger partial charge in [-0.2, -0.15) is 0 Å². The molecular formula is C22H34O7. The molecule has 3 aliphatic rings. The molecule has 0 aromatic carbocycles. The first-order chi connectivity index (χ1) is 13.1. The van der Waals surface area contributed by atoms with E-state index < -0.39 is 63.6 Å². The van der Waals surface area contributed by atoms with E-state index in [4.69, 9.17) is 9.47 Å². The predicted molar refractivity (Wildman–Crippen MR) is 105 cm³/mol. The number of aliphatic hydroxyl groups excluding tert-OH is 2. The number of aliphatic hydroxyl groups is 3. The molecule has 7 nitrogen and oxygen atoms in total. The molecule has 7 heteroatoms. The molecule has 0 radical (unpaired) electrons. The van der Waals surface area contributed by atoms with Gasteiger partial charge in [0.2, 0.25) is 0 Å². The van der Waals surface area contributed by atoms with E-state index in [1.807, 2.05) is 13.8 Å². The lowest BCUT2D eigenvalue weighted by Gasteiger charge is -2.71. The molecular weight excluding hydrogens is 376 g/mol. The standard InChI is InChI=1S/C22H34O7/c1-8-19(5)11-14(25)22(27)20(6)13(24)9-10-18(3,4)16(20)15(26)17(28-12(2)23)21(22,7)29-19/h8,13,15-17,24,26-27H,1,9-11H2,2-7H3/t13-,15+,16-,17-,19-,20-,21+,22+/m0/s1. The normalized spacial score (nSPS) is 51.6. The molecule has 3 N–H and O–H groups in total. The second-order valence-electron chi connectivity index (χ2n) is 10.4. The average Bonchev–Trinajstić information content (AvgIpc) is 2.59. The molecule has 164 valence electrons. The van der Waals surface area contributed by atoms with Crippen LogP contribution in [0.5, 0.6) is 0 Å². The van der Waals surface area contributed by atoms with Crippen LogP contribution in [0.1, 0.15) is 60.8 Å². The number of hydrogen-bond donors (Lipinski definition) is 3. The third kappa shape index (κ3) is 2.63. The zero-order chi connectivity index (χ0) is 22.2. The Labute approximate surface area is 172 Å². The van der Waals surface area contributed by atoms with Gasteiger partial charge in [0.15, 0.2) is 17.5 Å². The van der Waals surface area contributed by atoms with Crippen LogP contribution >= 0.6 is 0 Å². The molecule has 1 saturated heterocycles. The van der Waals surface area contributed by atoms with Crippen molar-refractivity contribution in [3.05, 3.63) is 12.7 Å². The van der Waals surface area contributed by atoms with Gasteiger partial charge in [0.05, 0.1) is 17.8 Å². The van der Waals surface area contributed by atoms with Crippen molar-refractivity contribution in [2.75, 3.05) is 0 Å². The van der Waals surface area contributed by atoms with Gasteiger partial charge in [0.25, 0.3) is 0 Å². The Morgan fingerprint density at radius 1 is 1.24 bits per heavy atom. The summed E-state index contributed by atoms with van der Waals surface area (Å²) in [7, 11) is 0. The molecule has 8 atom stereocenters. The van der Waals surface area contributed by atoms with Crippen LogP contribution in [0.2, 0.25) is 0 Å². The quantitative estimate of drug-likeness (QED) is 0.467. The van der Waals surface area contributed by atoms with Crippen molar-refractivity contribution in [1.82, 2.24) is 0 Å². The number of hydrogen-bond acceptors (Lipinski definition) is 7. The number of ether oxygens (including phenoxy) is 2. The summed E-state index contributed by atoms with van der Waals surface area (Å²) in [6, 6.07) is 0. The number of Topliss-reactive ketones (excluding diaryl/α,β-unsaturated/α-hetero) is 1. The van der Waals surface area contributed by atoms with Crippen LogP contribution < -0.4 is 0 Å². The first-order valence-electron chi connectivity index (χ1n) is 10.2. The lowest BCUT2D eigenvalue weighted by atomic mass is 9.40. The zero-order valence-electron chi connectivity index (χ0n) is 18.2. The Hall–Kier alpha value is -1.28. The molecule has 3 rings (SSSR count). The van der Waals surface area contributed by atoms with Crippen LogP contribution in [0, 0.1) is 16.7 Å². The summed E-state index contributed by atoms with van der Waals surface area (Å²) in [4.78, 5) is 25.5. The van der Waals surface area contributed by atoms with E-state index in [1.165, 1.54) is 19.9 Å². The lowest BCUT2D eigenvalue weighted by Crippen LogP contribution is -2.86. The number of fused-ring (bicyclic) bond motifs is 3. The molecule has 0 aromatic heterocycles. The smallest absolute Gasteiger partial charge is 0.303 e. The fourth-order valence-corrected chi connectivity index (χ4v) is 6.66. The SMILES string of the molecule is C=C[C@@]1(C)CC(=O)[C@@]2(O)[C@@]3(C)[C@@H](O)CCC(C)(C)[C@@H]3[C@@H](O)[C@H](OC(C)=O)[C@@]2(C)O1. The van der Waals surface area contributed by atoms with Gasteiger partial charge >= 0.3 is 5.97 Å². The highest BCUT2D eigenvalue weighted by Crippen LogP contribution is 2.66. The van der Waals surface area contributed by atoms with Gasteiger partial charge in [0, 0.05) is 24.7 Å². The topological polar surface area (TPSA) is 113 Å². The van der Waals surface area contributed by atoms with Crippen LogP contribution in [-0.4, -0.2) is 62.2 Å². The van der Waals surface area contributed by atoms with Gasteiger partial charge in [-0.3, -0.25) is 9.59 Å². The summed E-state index contributed by atoms with van der Waals surface area (Å²) >= 11 is 0. The van der Waals surface area contributed by atoms with Crippen molar-refractivity contribution in [2.45, 2.75) is 95.9 Å². The Balaban J connectivity index is 2.33. The van der Waals surface area contributed by atoms with Gasteiger partial charge in [-0.1, -0.05) is 26.8 Å². The van der Waals surface area contributed by atoms with Crippen molar-refractivity contribution in [3.63, 3.8) is 0 Å². The largest absolute Gasteiger partial charge is 0.457 e. The van der Waals surface area contributed by atoms with E-state index in [2.05, 4.69) is 6.58 Å². The molecule has 3 fully saturated rings. The summed E-state index contributed by atoms with van der Waals surface area (Å²) in [5.74, 6) is -1.87. The fourth-order valence-electron chi connectivity index (χ4n) is 6.66. The molecule has 29 heavy (non-hydrogen) atoms. The molecule has 0 spiro atoms. The number of ketones is 1. The van der Waals surface area contributed by atoms with E-state index >= 15 is 0 Å². The third-order valence-electron chi connectivity index (χ3n) is 8.02. The van der Waals surface area contributed by atoms with Gasteiger partial charge < -0.3 is 24.8 Å². The van der Waals surface area contributed by atoms with E-state index in [0.29, 0.717) is 12.8 Å². The summed E-state index contributed by atoms with van der Waals surface area (Å²) in [5, 5.41) is 34.7. The molecule has 0 aromatic rings. The minimum atomic E-state index is -2.18. The Bertz CT molecular complexity index is 747. The van der Waals surface area contributed by atoms with Crippen molar-refractivity contribution in [1.29, 1.82) is 0 Å². The van der Waals surface area contributed by atoms with Gasteiger partial charge in [-0.25, -0.2) is 0 Å². The molecule has 0 bridgehead atoms. The van der Waals surface area contributed by atoms with Crippen LogP contribution in [0.3, 0.4) is 0 Å². The van der Waals surface area contributed by atoms with Crippen molar-refractivity contribution >= 4 is 11.8 Å². The second-order valence-corrected chi connectivity index (χ2v) is 10.4. The maximum absolute atomic E-state index is 13.6. The zero-order valence-corrected chi connectivity index (χ0v) is 18.2. The van der Waals surface area contributed by atoms with Crippen LogP contribution in [-0.2, 0) is 19.1 Å². The van der Waals surface area contributed by atoms with Crippen molar-refractivity contribution in [3.8, 4) is 0 Å². The summed E-state index contributed by atoms with van der Waals surface area (Å²) in [6.45, 7) is 13.6. The number of rotatable bonds is 2. The summed E-state index contributed by atoms with van der Waals surface area (Å²) < 4.78 is 11.8. The van der Waals surface area contributed by atoms with Gasteiger partial charge in [-0.15, -0.1) is 6.58 Å². The van der Waals surface area contributed by atoms with E-state index in [1.54, 1.807) is 13.8 Å². The Kier molecular flexibility index (Phi) is 4.91. The lowest BCUT2D eigenvalue weighted by molar-refractivity contribution is -0.370. The molecule has 0 unspecified atom stereocenters. The highest BCUT2D eigenvalue weighted by Gasteiger charge is 2.81.